The molecule has 1 aliphatic heterocycles. The Bertz CT molecular complexity index is 1070. The molecule has 0 unspecified atom stereocenters. The Balaban J connectivity index is 1.88. The van der Waals surface area contributed by atoms with E-state index in [1.165, 1.54) is 25.1 Å². The highest BCUT2D eigenvalue weighted by Crippen LogP contribution is 2.24. The second-order valence-corrected chi connectivity index (χ2v) is 6.87. The van der Waals surface area contributed by atoms with Crippen molar-refractivity contribution in [2.45, 2.75) is 26.9 Å². The van der Waals surface area contributed by atoms with E-state index in [0.717, 1.165) is 16.0 Å². The van der Waals surface area contributed by atoms with Crippen LogP contribution in [-0.2, 0) is 14.4 Å². The Kier molecular flexibility index (Phi) is 5.68. The molecular weight excluding hydrogens is 388 g/mol. The number of carbonyl (C=O) groups is 4. The average Bonchev–Trinajstić information content (AvgIpc) is 2.69. The molecule has 0 aromatic heterocycles. The predicted octanol–water partition coefficient (Wildman–Crippen LogP) is 1.49. The first kappa shape index (κ1) is 20.8. The number of barbiturate groups is 1. The molecule has 1 aliphatic rings. The van der Waals surface area contributed by atoms with E-state index in [4.69, 9.17) is 4.74 Å². The number of nitrogens with zero attached hydrogens (tertiary/aromatic N) is 1. The highest BCUT2D eigenvalue weighted by molar-refractivity contribution is 6.39. The van der Waals surface area contributed by atoms with Crippen LogP contribution in [0.25, 0.3) is 6.08 Å². The number of aliphatic carboxylic acids is 1. The van der Waals surface area contributed by atoms with Gasteiger partial charge in [0, 0.05) is 0 Å². The molecule has 1 saturated heterocycles. The number of ether oxygens (including phenoxy) is 1. The van der Waals surface area contributed by atoms with Crippen LogP contribution in [0.1, 0.15) is 23.6 Å². The normalized spacial score (nSPS) is 16.4. The van der Waals surface area contributed by atoms with Crippen LogP contribution in [0.2, 0.25) is 0 Å². The number of imide groups is 2. The summed E-state index contributed by atoms with van der Waals surface area (Å²) in [6, 6.07) is 10.4. The number of carboxylic acid groups (broad SMARTS) is 1. The van der Waals surface area contributed by atoms with Crippen LogP contribution in [0.5, 0.6) is 5.75 Å². The first-order chi connectivity index (χ1) is 14.2. The Morgan fingerprint density at radius 1 is 1.07 bits per heavy atom. The van der Waals surface area contributed by atoms with Gasteiger partial charge in [0.2, 0.25) is 0 Å². The van der Waals surface area contributed by atoms with Crippen molar-refractivity contribution in [3.63, 3.8) is 0 Å². The van der Waals surface area contributed by atoms with Gasteiger partial charge in [0.1, 0.15) is 17.4 Å². The van der Waals surface area contributed by atoms with Crippen molar-refractivity contribution in [3.05, 3.63) is 64.7 Å². The molecule has 3 rings (SSSR count). The lowest BCUT2D eigenvalue weighted by atomic mass is 10.1. The minimum absolute atomic E-state index is 0.204. The molecule has 8 nitrogen and oxygen atoms in total. The second kappa shape index (κ2) is 8.20. The molecule has 1 fully saturated rings. The number of anilines is 1. The second-order valence-electron chi connectivity index (χ2n) is 6.87. The number of nitrogens with one attached hydrogen (secondary N) is 1. The maximum absolute atomic E-state index is 12.9. The van der Waals surface area contributed by atoms with Crippen LogP contribution in [-0.4, -0.2) is 29.9 Å². The van der Waals surface area contributed by atoms with E-state index in [1.807, 2.05) is 13.8 Å². The van der Waals surface area contributed by atoms with Gasteiger partial charge in [-0.05, 0) is 67.8 Å². The van der Waals surface area contributed by atoms with Crippen molar-refractivity contribution in [2.75, 3.05) is 4.90 Å². The third-order valence-corrected chi connectivity index (χ3v) is 4.69. The first-order valence-electron chi connectivity index (χ1n) is 9.13. The van der Waals surface area contributed by atoms with Gasteiger partial charge in [-0.2, -0.15) is 0 Å². The van der Waals surface area contributed by atoms with Gasteiger partial charge in [-0.25, -0.2) is 9.69 Å². The van der Waals surface area contributed by atoms with Gasteiger partial charge in [0.05, 0.1) is 11.7 Å². The summed E-state index contributed by atoms with van der Waals surface area (Å²) in [5.41, 5.74) is 2.56. The number of amides is 4. The van der Waals surface area contributed by atoms with Crippen molar-refractivity contribution in [2.24, 2.45) is 0 Å². The fraction of sp³-hybridized carbons (Fsp3) is 0.182. The van der Waals surface area contributed by atoms with Crippen molar-refractivity contribution >= 4 is 35.6 Å². The van der Waals surface area contributed by atoms with Crippen LogP contribution in [0.15, 0.2) is 48.0 Å². The molecule has 2 aromatic carbocycles. The van der Waals surface area contributed by atoms with Gasteiger partial charge < -0.3 is 14.6 Å². The van der Waals surface area contributed by atoms with Crippen LogP contribution in [0, 0.1) is 13.8 Å². The van der Waals surface area contributed by atoms with E-state index < -0.39 is 29.9 Å². The summed E-state index contributed by atoms with van der Waals surface area (Å²) in [5.74, 6) is -2.59. The van der Waals surface area contributed by atoms with Gasteiger partial charge >= 0.3 is 6.03 Å². The quantitative estimate of drug-likeness (QED) is 0.593. The fourth-order valence-electron chi connectivity index (χ4n) is 2.82. The van der Waals surface area contributed by atoms with E-state index in [0.29, 0.717) is 17.0 Å². The monoisotopic (exact) mass is 407 g/mol. The average molecular weight is 407 g/mol. The van der Waals surface area contributed by atoms with Crippen LogP contribution in [0.3, 0.4) is 0 Å². The SMILES string of the molecule is Cc1ccc(N2C(=O)NC(=O)/C(=C\c3ccc(O[C@H](C)C(=O)[O-])cc3)C2=O)cc1C. The highest BCUT2D eigenvalue weighted by atomic mass is 16.5. The molecule has 0 spiro atoms. The molecule has 1 heterocycles. The zero-order valence-electron chi connectivity index (χ0n) is 16.6. The van der Waals surface area contributed by atoms with Gasteiger partial charge in [0.15, 0.2) is 0 Å². The highest BCUT2D eigenvalue weighted by Gasteiger charge is 2.36. The smallest absolute Gasteiger partial charge is 0.335 e. The number of benzene rings is 2. The lowest BCUT2D eigenvalue weighted by Crippen LogP contribution is -2.54. The summed E-state index contributed by atoms with van der Waals surface area (Å²) < 4.78 is 5.19. The maximum Gasteiger partial charge on any atom is 0.335 e. The Labute approximate surface area is 172 Å². The summed E-state index contributed by atoms with van der Waals surface area (Å²) in [4.78, 5) is 49.1. The summed E-state index contributed by atoms with van der Waals surface area (Å²) >= 11 is 0. The predicted molar refractivity (Wildman–Crippen MR) is 106 cm³/mol. The standard InChI is InChI=1S/C22H20N2O6/c1-12-4-7-16(10-13(12)2)24-20(26)18(19(25)23-22(24)29)11-15-5-8-17(9-6-15)30-14(3)21(27)28/h4-11,14H,1-3H3,(H,27,28)(H,23,25,29)/p-1/b18-11+/t14-/m1/s1. The van der Waals surface area contributed by atoms with Crippen molar-refractivity contribution < 1.29 is 29.0 Å². The Morgan fingerprint density at radius 3 is 2.33 bits per heavy atom. The minimum atomic E-state index is -1.35. The van der Waals surface area contributed by atoms with E-state index >= 15 is 0 Å². The van der Waals surface area contributed by atoms with Crippen molar-refractivity contribution in [1.29, 1.82) is 0 Å². The zero-order chi connectivity index (χ0) is 22.0. The van der Waals surface area contributed by atoms with Crippen molar-refractivity contribution in [3.8, 4) is 5.75 Å². The van der Waals surface area contributed by atoms with Gasteiger partial charge in [-0.1, -0.05) is 18.2 Å². The summed E-state index contributed by atoms with van der Waals surface area (Å²) in [6.07, 6.45) is 0.224. The molecule has 154 valence electrons. The molecule has 0 radical (unpaired) electrons. The van der Waals surface area contributed by atoms with Gasteiger partial charge in [0.25, 0.3) is 11.8 Å². The largest absolute Gasteiger partial charge is 0.546 e. The van der Waals surface area contributed by atoms with Crippen LogP contribution >= 0.6 is 0 Å². The lowest BCUT2D eigenvalue weighted by molar-refractivity contribution is -0.312. The summed E-state index contributed by atoms with van der Waals surface area (Å²) in [6.45, 7) is 5.11. The number of rotatable bonds is 5. The van der Waals surface area contributed by atoms with E-state index in [9.17, 15) is 24.3 Å². The molecule has 0 aliphatic carbocycles. The molecule has 1 N–H and O–H groups in total. The van der Waals surface area contributed by atoms with E-state index in [-0.39, 0.29) is 5.57 Å². The van der Waals surface area contributed by atoms with E-state index in [1.54, 1.807) is 30.3 Å². The number of hydrogen-bond donors (Lipinski definition) is 1. The fourth-order valence-corrected chi connectivity index (χ4v) is 2.82. The number of carbonyl (C=O) groups excluding carboxylic acids is 4. The Morgan fingerprint density at radius 2 is 1.73 bits per heavy atom. The number of hydrogen-bond acceptors (Lipinski definition) is 6. The molecule has 30 heavy (non-hydrogen) atoms. The van der Waals surface area contributed by atoms with Crippen LogP contribution < -0.4 is 20.1 Å². The Hall–Kier alpha value is -3.94. The molecule has 2 aromatic rings. The molecule has 8 heteroatoms. The van der Waals surface area contributed by atoms with Crippen LogP contribution in [0.4, 0.5) is 10.5 Å². The molecule has 0 bridgehead atoms. The molecule has 1 atom stereocenters. The van der Waals surface area contributed by atoms with Crippen molar-refractivity contribution in [1.82, 2.24) is 5.32 Å². The van der Waals surface area contributed by atoms with Gasteiger partial charge in [-0.15, -0.1) is 0 Å². The number of carboxylic acids is 1. The zero-order valence-corrected chi connectivity index (χ0v) is 16.6. The third-order valence-electron chi connectivity index (χ3n) is 4.69. The lowest BCUT2D eigenvalue weighted by Gasteiger charge is -2.26. The van der Waals surface area contributed by atoms with Gasteiger partial charge in [-0.3, -0.25) is 14.9 Å². The third kappa shape index (κ3) is 4.22. The molecule has 4 amide bonds. The summed E-state index contributed by atoms with van der Waals surface area (Å²) in [7, 11) is 0. The topological polar surface area (TPSA) is 116 Å². The minimum Gasteiger partial charge on any atom is -0.546 e. The maximum atomic E-state index is 12.9. The molecule has 0 saturated carbocycles. The first-order valence-corrected chi connectivity index (χ1v) is 9.13. The van der Waals surface area contributed by atoms with E-state index in [2.05, 4.69) is 5.32 Å². The summed E-state index contributed by atoms with van der Waals surface area (Å²) in [5, 5.41) is 12.9. The number of aryl methyl sites for hydroxylation is 2. The number of urea groups is 1. The molecular formula is C22H19N2O6-.